The van der Waals surface area contributed by atoms with Crippen molar-refractivity contribution in [3.8, 4) is 0 Å². The van der Waals surface area contributed by atoms with Gasteiger partial charge in [0.15, 0.2) is 0 Å². The molecule has 0 aliphatic carbocycles. The van der Waals surface area contributed by atoms with E-state index in [-0.39, 0.29) is 5.91 Å². The highest BCUT2D eigenvalue weighted by molar-refractivity contribution is 6.35. The number of esters is 1. The number of carbonyl (C=O) groups is 2. The number of H-pyrrole nitrogens is 1. The van der Waals surface area contributed by atoms with Crippen LogP contribution < -0.4 is 5.32 Å². The van der Waals surface area contributed by atoms with Crippen LogP contribution >= 0.6 is 0 Å². The van der Waals surface area contributed by atoms with E-state index in [0.717, 1.165) is 16.9 Å². The van der Waals surface area contributed by atoms with Gasteiger partial charge in [0.05, 0.1) is 23.4 Å². The summed E-state index contributed by atoms with van der Waals surface area (Å²) in [5, 5.41) is 2.81. The van der Waals surface area contributed by atoms with E-state index in [1.165, 1.54) is 0 Å². The van der Waals surface area contributed by atoms with Crippen molar-refractivity contribution in [2.75, 3.05) is 11.9 Å². The minimum absolute atomic E-state index is 0.178. The van der Waals surface area contributed by atoms with Crippen molar-refractivity contribution in [1.82, 2.24) is 4.98 Å². The number of ether oxygens (including phenoxy) is 1. The van der Waals surface area contributed by atoms with Crippen molar-refractivity contribution in [3.05, 3.63) is 52.8 Å². The number of nitrogens with one attached hydrogen (secondary N) is 2. The lowest BCUT2D eigenvalue weighted by molar-refractivity contribution is -0.110. The maximum atomic E-state index is 12.1. The second kappa shape index (κ2) is 5.52. The molecule has 1 amide bonds. The summed E-state index contributed by atoms with van der Waals surface area (Å²) in [6, 6.07) is 9.19. The van der Waals surface area contributed by atoms with Crippen LogP contribution in [0.3, 0.4) is 0 Å². The lowest BCUT2D eigenvalue weighted by atomic mass is 10.1. The molecule has 0 radical (unpaired) electrons. The maximum Gasteiger partial charge on any atom is 0.340 e. The Morgan fingerprint density at radius 1 is 1.32 bits per heavy atom. The third-order valence-corrected chi connectivity index (χ3v) is 3.48. The molecule has 1 aliphatic heterocycles. The first kappa shape index (κ1) is 14.1. The molecule has 0 saturated carbocycles. The lowest BCUT2D eigenvalue weighted by Crippen LogP contribution is -2.06. The first-order valence-electron chi connectivity index (χ1n) is 7.09. The highest BCUT2D eigenvalue weighted by Crippen LogP contribution is 2.33. The van der Waals surface area contributed by atoms with Gasteiger partial charge in [-0.1, -0.05) is 18.2 Å². The van der Waals surface area contributed by atoms with Crippen LogP contribution in [-0.4, -0.2) is 23.5 Å². The summed E-state index contributed by atoms with van der Waals surface area (Å²) >= 11 is 0. The molecule has 1 aromatic carbocycles. The van der Waals surface area contributed by atoms with Gasteiger partial charge >= 0.3 is 5.97 Å². The average Bonchev–Trinajstić information content (AvgIpc) is 3.01. The third kappa shape index (κ3) is 2.41. The number of hydrogen-bond donors (Lipinski definition) is 2. The Morgan fingerprint density at radius 2 is 2.09 bits per heavy atom. The van der Waals surface area contributed by atoms with Crippen LogP contribution in [0.4, 0.5) is 5.69 Å². The number of aromatic nitrogens is 1. The summed E-state index contributed by atoms with van der Waals surface area (Å²) in [4.78, 5) is 27.3. The van der Waals surface area contributed by atoms with E-state index in [1.54, 1.807) is 19.1 Å². The second-order valence-electron chi connectivity index (χ2n) is 5.06. The van der Waals surface area contributed by atoms with E-state index < -0.39 is 5.97 Å². The zero-order valence-electron chi connectivity index (χ0n) is 12.4. The molecule has 3 rings (SSSR count). The Balaban J connectivity index is 2.06. The second-order valence-corrected chi connectivity index (χ2v) is 5.06. The molecular formula is C17H16N2O3. The van der Waals surface area contributed by atoms with Crippen molar-refractivity contribution in [3.63, 3.8) is 0 Å². The number of para-hydroxylation sites is 1. The van der Waals surface area contributed by atoms with Gasteiger partial charge in [-0.05, 0) is 32.1 Å². The van der Waals surface area contributed by atoms with Gasteiger partial charge in [-0.2, -0.15) is 0 Å². The number of amides is 1. The summed E-state index contributed by atoms with van der Waals surface area (Å²) in [7, 11) is 0. The molecule has 5 nitrogen and oxygen atoms in total. The Labute approximate surface area is 128 Å². The summed E-state index contributed by atoms with van der Waals surface area (Å²) in [6.45, 7) is 3.92. The average molecular weight is 296 g/mol. The van der Waals surface area contributed by atoms with Gasteiger partial charge in [-0.25, -0.2) is 4.79 Å². The normalized spacial score (nSPS) is 14.8. The predicted molar refractivity (Wildman–Crippen MR) is 84.4 cm³/mol. The molecule has 1 aliphatic rings. The monoisotopic (exact) mass is 296 g/mol. The molecule has 0 fully saturated rings. The minimum atomic E-state index is -0.398. The fourth-order valence-corrected chi connectivity index (χ4v) is 2.53. The number of hydrogen-bond acceptors (Lipinski definition) is 3. The van der Waals surface area contributed by atoms with E-state index in [0.29, 0.717) is 23.4 Å². The molecule has 22 heavy (non-hydrogen) atoms. The summed E-state index contributed by atoms with van der Waals surface area (Å²) < 4.78 is 5.05. The summed E-state index contributed by atoms with van der Waals surface area (Å²) in [6.07, 6.45) is 1.69. The van der Waals surface area contributed by atoms with Crippen molar-refractivity contribution < 1.29 is 14.3 Å². The van der Waals surface area contributed by atoms with Gasteiger partial charge in [-0.3, -0.25) is 4.79 Å². The highest BCUT2D eigenvalue weighted by atomic mass is 16.5. The number of carbonyl (C=O) groups excluding carboxylic acids is 2. The van der Waals surface area contributed by atoms with Gasteiger partial charge in [0.25, 0.3) is 5.91 Å². The van der Waals surface area contributed by atoms with Gasteiger partial charge in [0.2, 0.25) is 0 Å². The number of rotatable bonds is 3. The van der Waals surface area contributed by atoms with Crippen LogP contribution in [0.2, 0.25) is 0 Å². The Bertz CT molecular complexity index is 787. The molecule has 5 heteroatoms. The molecular weight excluding hydrogens is 280 g/mol. The van der Waals surface area contributed by atoms with Gasteiger partial charge in [0.1, 0.15) is 0 Å². The number of fused-ring (bicyclic) bond motifs is 1. The Morgan fingerprint density at radius 3 is 2.86 bits per heavy atom. The predicted octanol–water partition coefficient (Wildman–Crippen LogP) is 2.99. The smallest absolute Gasteiger partial charge is 0.340 e. The molecule has 1 aromatic heterocycles. The van der Waals surface area contributed by atoms with Crippen LogP contribution in [-0.2, 0) is 9.53 Å². The van der Waals surface area contributed by atoms with Crippen LogP contribution in [0.5, 0.6) is 0 Å². The van der Waals surface area contributed by atoms with Crippen LogP contribution in [0.15, 0.2) is 30.3 Å². The molecule has 0 saturated heterocycles. The first-order chi connectivity index (χ1) is 10.6. The van der Waals surface area contributed by atoms with E-state index in [4.69, 9.17) is 4.74 Å². The van der Waals surface area contributed by atoms with E-state index >= 15 is 0 Å². The molecule has 0 atom stereocenters. The molecule has 0 bridgehead atoms. The molecule has 2 aromatic rings. The number of aryl methyl sites for hydroxylation is 1. The van der Waals surface area contributed by atoms with Crippen LogP contribution in [0, 0.1) is 6.92 Å². The van der Waals surface area contributed by atoms with Gasteiger partial charge in [0, 0.05) is 16.9 Å². The Kier molecular flexibility index (Phi) is 3.55. The van der Waals surface area contributed by atoms with Gasteiger partial charge < -0.3 is 15.0 Å². The quantitative estimate of drug-likeness (QED) is 0.675. The topological polar surface area (TPSA) is 71.2 Å². The van der Waals surface area contributed by atoms with E-state index in [1.807, 2.05) is 31.2 Å². The zero-order valence-corrected chi connectivity index (χ0v) is 12.4. The molecule has 0 unspecified atom stereocenters. The number of anilines is 1. The van der Waals surface area contributed by atoms with Crippen molar-refractivity contribution in [2.24, 2.45) is 0 Å². The van der Waals surface area contributed by atoms with Crippen LogP contribution in [0.25, 0.3) is 11.6 Å². The van der Waals surface area contributed by atoms with Crippen molar-refractivity contribution in [1.29, 1.82) is 0 Å². The van der Waals surface area contributed by atoms with Crippen molar-refractivity contribution >= 4 is 29.2 Å². The van der Waals surface area contributed by atoms with Crippen molar-refractivity contribution in [2.45, 2.75) is 13.8 Å². The summed E-state index contributed by atoms with van der Waals surface area (Å²) in [5.41, 5.74) is 3.99. The Hall–Kier alpha value is -2.82. The van der Waals surface area contributed by atoms with Gasteiger partial charge in [-0.15, -0.1) is 0 Å². The number of aromatic amines is 1. The first-order valence-corrected chi connectivity index (χ1v) is 7.09. The maximum absolute atomic E-state index is 12.1. The molecule has 2 N–H and O–H groups in total. The minimum Gasteiger partial charge on any atom is -0.462 e. The van der Waals surface area contributed by atoms with E-state index in [2.05, 4.69) is 10.3 Å². The zero-order chi connectivity index (χ0) is 15.7. The van der Waals surface area contributed by atoms with E-state index in [9.17, 15) is 9.59 Å². The largest absolute Gasteiger partial charge is 0.462 e. The lowest BCUT2D eigenvalue weighted by Gasteiger charge is -2.02. The summed E-state index contributed by atoms with van der Waals surface area (Å²) in [5.74, 6) is -0.575. The highest BCUT2D eigenvalue weighted by Gasteiger charge is 2.24. The fraction of sp³-hybridized carbons (Fsp3) is 0.176. The van der Waals surface area contributed by atoms with Crippen LogP contribution in [0.1, 0.15) is 34.2 Å². The SMILES string of the molecule is CCOC(=O)c1cc(C)[nH]c1/C=C1\C(=O)Nc2ccccc21. The fourth-order valence-electron chi connectivity index (χ4n) is 2.53. The molecule has 0 spiro atoms. The number of benzene rings is 1. The third-order valence-electron chi connectivity index (χ3n) is 3.48. The molecule has 112 valence electrons. The molecule has 2 heterocycles. The standard InChI is InChI=1S/C17H16N2O3/c1-3-22-17(21)13-8-10(2)18-15(13)9-12-11-6-4-5-7-14(11)19-16(12)20/h4-9,18H,3H2,1-2H3,(H,19,20)/b12-9-.